The van der Waals surface area contributed by atoms with Crippen LogP contribution in [0.25, 0.3) is 0 Å². The SMILES string of the molecule is CN1C(=O)Cc2cc(S(=O)(=O)Cl)ccc21. The lowest BCUT2D eigenvalue weighted by Crippen LogP contribution is -2.20. The van der Waals surface area contributed by atoms with Crippen molar-refractivity contribution in [3.63, 3.8) is 0 Å². The molecule has 0 radical (unpaired) electrons. The van der Waals surface area contributed by atoms with Crippen LogP contribution >= 0.6 is 10.7 Å². The summed E-state index contributed by atoms with van der Waals surface area (Å²) in [5, 5.41) is 0. The van der Waals surface area contributed by atoms with Gasteiger partial charge in [0.15, 0.2) is 0 Å². The molecule has 0 bridgehead atoms. The molecule has 0 spiro atoms. The molecule has 6 heteroatoms. The van der Waals surface area contributed by atoms with Crippen LogP contribution in [0.3, 0.4) is 0 Å². The minimum Gasteiger partial charge on any atom is -0.315 e. The molecule has 0 fully saturated rings. The fraction of sp³-hybridized carbons (Fsp3) is 0.222. The highest BCUT2D eigenvalue weighted by Gasteiger charge is 2.25. The molecule has 1 aliphatic heterocycles. The molecule has 1 aromatic carbocycles. The van der Waals surface area contributed by atoms with Gasteiger partial charge >= 0.3 is 0 Å². The molecule has 0 unspecified atom stereocenters. The van der Waals surface area contributed by atoms with E-state index < -0.39 is 9.05 Å². The molecule has 0 atom stereocenters. The van der Waals surface area contributed by atoms with Crippen LogP contribution in [0, 0.1) is 0 Å². The summed E-state index contributed by atoms with van der Waals surface area (Å²) < 4.78 is 22.1. The van der Waals surface area contributed by atoms with Crippen molar-refractivity contribution in [2.45, 2.75) is 11.3 Å². The van der Waals surface area contributed by atoms with Crippen molar-refractivity contribution in [3.05, 3.63) is 23.8 Å². The number of amides is 1. The average molecular weight is 246 g/mol. The van der Waals surface area contributed by atoms with Gasteiger partial charge in [0.25, 0.3) is 9.05 Å². The van der Waals surface area contributed by atoms with E-state index in [0.717, 1.165) is 5.69 Å². The lowest BCUT2D eigenvalue weighted by molar-refractivity contribution is -0.117. The zero-order chi connectivity index (χ0) is 11.2. The summed E-state index contributed by atoms with van der Waals surface area (Å²) in [5.41, 5.74) is 1.44. The van der Waals surface area contributed by atoms with E-state index >= 15 is 0 Å². The minimum atomic E-state index is -3.72. The lowest BCUT2D eigenvalue weighted by atomic mass is 10.2. The van der Waals surface area contributed by atoms with Gasteiger partial charge in [0.05, 0.1) is 11.3 Å². The summed E-state index contributed by atoms with van der Waals surface area (Å²) in [6.07, 6.45) is 0.228. The maximum absolute atomic E-state index is 11.3. The van der Waals surface area contributed by atoms with E-state index in [-0.39, 0.29) is 17.2 Å². The maximum Gasteiger partial charge on any atom is 0.261 e. The summed E-state index contributed by atoms with van der Waals surface area (Å²) in [6.45, 7) is 0. The van der Waals surface area contributed by atoms with Gasteiger partial charge in [-0.25, -0.2) is 8.42 Å². The van der Waals surface area contributed by atoms with Gasteiger partial charge in [-0.1, -0.05) is 0 Å². The molecular formula is C9H8ClNO3S. The van der Waals surface area contributed by atoms with Gasteiger partial charge in [-0.15, -0.1) is 0 Å². The Kier molecular flexibility index (Phi) is 2.24. The number of hydrogen-bond acceptors (Lipinski definition) is 3. The van der Waals surface area contributed by atoms with Crippen molar-refractivity contribution in [1.82, 2.24) is 0 Å². The number of fused-ring (bicyclic) bond motifs is 1. The molecule has 2 rings (SSSR count). The first-order valence-electron chi connectivity index (χ1n) is 4.24. The smallest absolute Gasteiger partial charge is 0.261 e. The van der Waals surface area contributed by atoms with Crippen molar-refractivity contribution in [2.24, 2.45) is 0 Å². The summed E-state index contributed by atoms with van der Waals surface area (Å²) >= 11 is 0. The number of nitrogens with zero attached hydrogens (tertiary/aromatic N) is 1. The Hall–Kier alpha value is -1.07. The topological polar surface area (TPSA) is 54.5 Å². The van der Waals surface area contributed by atoms with Crippen LogP contribution in [0.2, 0.25) is 0 Å². The largest absolute Gasteiger partial charge is 0.315 e. The van der Waals surface area contributed by atoms with Gasteiger partial charge in [-0.3, -0.25) is 4.79 Å². The fourth-order valence-electron chi connectivity index (χ4n) is 1.60. The van der Waals surface area contributed by atoms with Crippen molar-refractivity contribution in [3.8, 4) is 0 Å². The number of hydrogen-bond donors (Lipinski definition) is 0. The predicted molar refractivity (Wildman–Crippen MR) is 56.6 cm³/mol. The number of likely N-dealkylation sites (N-methyl/N-ethyl adjacent to an activating group) is 1. The fourth-order valence-corrected chi connectivity index (χ4v) is 2.40. The average Bonchev–Trinajstić information content (AvgIpc) is 2.41. The second-order valence-corrected chi connectivity index (χ2v) is 5.92. The van der Waals surface area contributed by atoms with Crippen LogP contribution in [0.5, 0.6) is 0 Å². The van der Waals surface area contributed by atoms with Gasteiger partial charge < -0.3 is 4.90 Å². The van der Waals surface area contributed by atoms with E-state index in [0.29, 0.717) is 5.56 Å². The van der Waals surface area contributed by atoms with Crippen LogP contribution in [0.1, 0.15) is 5.56 Å². The Morgan fingerprint density at radius 3 is 2.67 bits per heavy atom. The third-order valence-electron chi connectivity index (χ3n) is 2.41. The van der Waals surface area contributed by atoms with Crippen LogP contribution in [0.15, 0.2) is 23.1 Å². The molecule has 0 saturated carbocycles. The quantitative estimate of drug-likeness (QED) is 0.697. The standard InChI is InChI=1S/C9H8ClNO3S/c1-11-8-3-2-7(15(10,13)14)4-6(8)5-9(11)12/h2-4H,5H2,1H3. The van der Waals surface area contributed by atoms with Gasteiger partial charge in [0.2, 0.25) is 5.91 Å². The minimum absolute atomic E-state index is 0.0333. The number of carbonyl (C=O) groups is 1. The molecule has 1 amide bonds. The monoisotopic (exact) mass is 245 g/mol. The van der Waals surface area contributed by atoms with E-state index in [9.17, 15) is 13.2 Å². The van der Waals surface area contributed by atoms with E-state index in [2.05, 4.69) is 0 Å². The molecule has 1 heterocycles. The number of rotatable bonds is 1. The van der Waals surface area contributed by atoms with Crippen molar-refractivity contribution < 1.29 is 13.2 Å². The lowest BCUT2D eigenvalue weighted by Gasteiger charge is -2.09. The van der Waals surface area contributed by atoms with Crippen molar-refractivity contribution >= 4 is 31.3 Å². The zero-order valence-electron chi connectivity index (χ0n) is 7.90. The number of benzene rings is 1. The Morgan fingerprint density at radius 1 is 1.40 bits per heavy atom. The first kappa shape index (κ1) is 10.4. The molecule has 4 nitrogen and oxygen atoms in total. The highest BCUT2D eigenvalue weighted by molar-refractivity contribution is 8.13. The summed E-state index contributed by atoms with van der Waals surface area (Å²) in [7, 11) is 3.15. The molecule has 0 saturated heterocycles. The highest BCUT2D eigenvalue weighted by atomic mass is 35.7. The van der Waals surface area contributed by atoms with Crippen LogP contribution in [-0.4, -0.2) is 21.4 Å². The highest BCUT2D eigenvalue weighted by Crippen LogP contribution is 2.30. The number of halogens is 1. The molecular weight excluding hydrogens is 238 g/mol. The summed E-state index contributed by atoms with van der Waals surface area (Å²) in [5.74, 6) is -0.0471. The van der Waals surface area contributed by atoms with Gasteiger partial charge in [0.1, 0.15) is 0 Å². The Bertz CT molecular complexity index is 538. The Labute approximate surface area is 91.9 Å². The second-order valence-electron chi connectivity index (χ2n) is 3.36. The molecule has 80 valence electrons. The molecule has 0 aromatic heterocycles. The third kappa shape index (κ3) is 1.72. The molecule has 1 aromatic rings. The molecule has 0 aliphatic carbocycles. The van der Waals surface area contributed by atoms with Gasteiger partial charge in [-0.05, 0) is 23.8 Å². The summed E-state index contributed by atoms with van der Waals surface area (Å²) in [6, 6.07) is 4.44. The van der Waals surface area contributed by atoms with E-state index in [1.807, 2.05) is 0 Å². The van der Waals surface area contributed by atoms with E-state index in [4.69, 9.17) is 10.7 Å². The van der Waals surface area contributed by atoms with Crippen molar-refractivity contribution in [1.29, 1.82) is 0 Å². The summed E-state index contributed by atoms with van der Waals surface area (Å²) in [4.78, 5) is 12.9. The first-order valence-corrected chi connectivity index (χ1v) is 6.54. The number of carbonyl (C=O) groups excluding carboxylic acids is 1. The van der Waals surface area contributed by atoms with Gasteiger partial charge in [-0.2, -0.15) is 0 Å². The third-order valence-corrected chi connectivity index (χ3v) is 3.76. The van der Waals surface area contributed by atoms with Gasteiger partial charge in [0, 0.05) is 23.4 Å². The molecule has 0 N–H and O–H groups in total. The normalized spacial score (nSPS) is 15.6. The van der Waals surface area contributed by atoms with E-state index in [1.54, 1.807) is 13.1 Å². The van der Waals surface area contributed by atoms with Crippen LogP contribution < -0.4 is 4.90 Å². The Balaban J connectivity index is 2.56. The van der Waals surface area contributed by atoms with E-state index in [1.165, 1.54) is 17.0 Å². The number of anilines is 1. The molecule has 15 heavy (non-hydrogen) atoms. The van der Waals surface area contributed by atoms with Crippen molar-refractivity contribution in [2.75, 3.05) is 11.9 Å². The first-order chi connectivity index (χ1) is 6.89. The molecule has 1 aliphatic rings. The van der Waals surface area contributed by atoms with Crippen LogP contribution in [-0.2, 0) is 20.3 Å². The maximum atomic E-state index is 11.3. The second kappa shape index (κ2) is 3.21. The Morgan fingerprint density at radius 2 is 2.07 bits per heavy atom. The van der Waals surface area contributed by atoms with Crippen LogP contribution in [0.4, 0.5) is 5.69 Å². The zero-order valence-corrected chi connectivity index (χ0v) is 9.47. The predicted octanol–water partition coefficient (Wildman–Crippen LogP) is 1.13.